The minimum atomic E-state index is -5.77. The van der Waals surface area contributed by atoms with Crippen molar-refractivity contribution < 1.29 is 56.1 Å². The zero-order chi connectivity index (χ0) is 29.1. The van der Waals surface area contributed by atoms with Crippen LogP contribution in [0.25, 0.3) is 0 Å². The lowest BCUT2D eigenvalue weighted by molar-refractivity contribution is -0.597. The van der Waals surface area contributed by atoms with E-state index in [0.717, 1.165) is 0 Å². The largest absolute Gasteiger partial charge is 0.744 e. The zero-order valence-corrected chi connectivity index (χ0v) is 24.9. The molecule has 10 heteroatoms. The van der Waals surface area contributed by atoms with Gasteiger partial charge in [-0.25, -0.2) is 30.4 Å². The molecule has 0 aliphatic carbocycles. The second kappa shape index (κ2) is 12.4. The number of rotatable bonds is 7. The SMILES string of the molecule is CCC(C)(C)c1ccc([I+]c2ccc(C(C)(C)CC)cc2)cc1.O=S(=O)([O-])c1c(F)c(F)c(F)c(F)c1F. The first-order valence-electron chi connectivity index (χ1n) is 11.8. The summed E-state index contributed by atoms with van der Waals surface area (Å²) in [4.78, 5) is -2.38. The van der Waals surface area contributed by atoms with Crippen molar-refractivity contribution in [1.29, 1.82) is 0 Å². The molecule has 0 spiro atoms. The Bertz CT molecular complexity index is 1280. The smallest absolute Gasteiger partial charge is 0.357 e. The van der Waals surface area contributed by atoms with Crippen molar-refractivity contribution in [3.05, 3.63) is 95.9 Å². The van der Waals surface area contributed by atoms with E-state index in [0.29, 0.717) is 0 Å². The molecule has 0 fully saturated rings. The van der Waals surface area contributed by atoms with Crippen LogP contribution in [-0.4, -0.2) is 13.0 Å². The number of hydrogen-bond donors (Lipinski definition) is 0. The van der Waals surface area contributed by atoms with Crippen molar-refractivity contribution in [3.8, 4) is 0 Å². The number of hydrogen-bond acceptors (Lipinski definition) is 3. The summed E-state index contributed by atoms with van der Waals surface area (Å²) in [5, 5.41) is 0. The summed E-state index contributed by atoms with van der Waals surface area (Å²) in [6.07, 6.45) is 2.35. The molecule has 0 radical (unpaired) electrons. The predicted molar refractivity (Wildman–Crippen MR) is 131 cm³/mol. The summed E-state index contributed by atoms with van der Waals surface area (Å²) in [6.45, 7) is 13.8. The van der Waals surface area contributed by atoms with Gasteiger partial charge in [-0.3, -0.25) is 0 Å². The molecular weight excluding hydrogens is 638 g/mol. The normalized spacial score (nSPS) is 12.2. The van der Waals surface area contributed by atoms with Crippen molar-refractivity contribution >= 4 is 10.1 Å². The second-order valence-electron chi connectivity index (χ2n) is 9.94. The molecule has 0 aliphatic rings. The van der Waals surface area contributed by atoms with Crippen LogP contribution in [-0.2, 0) is 20.9 Å². The van der Waals surface area contributed by atoms with Gasteiger partial charge in [0.2, 0.25) is 5.82 Å². The Morgan fingerprint density at radius 2 is 0.921 bits per heavy atom. The van der Waals surface area contributed by atoms with Gasteiger partial charge in [0.25, 0.3) is 0 Å². The van der Waals surface area contributed by atoms with Crippen LogP contribution in [0.4, 0.5) is 22.0 Å². The summed E-state index contributed by atoms with van der Waals surface area (Å²) < 4.78 is 95.9. The van der Waals surface area contributed by atoms with Crippen LogP contribution >= 0.6 is 0 Å². The fourth-order valence-corrected chi connectivity index (χ4v) is 6.04. The Labute approximate surface area is 231 Å². The average molecular weight is 669 g/mol. The summed E-state index contributed by atoms with van der Waals surface area (Å²) >= 11 is -0.0793. The van der Waals surface area contributed by atoms with Crippen molar-refractivity contribution in [1.82, 2.24) is 0 Å². The van der Waals surface area contributed by atoms with Gasteiger partial charge in [-0.05, 0) is 59.1 Å². The van der Waals surface area contributed by atoms with Gasteiger partial charge >= 0.3 is 21.2 Å². The molecule has 0 heterocycles. The minimum absolute atomic E-state index is 0.0793. The molecule has 0 N–H and O–H groups in total. The third kappa shape index (κ3) is 7.53. The highest BCUT2D eigenvalue weighted by Gasteiger charge is 2.29. The van der Waals surface area contributed by atoms with Crippen molar-refractivity contribution in [2.45, 2.75) is 70.1 Å². The average Bonchev–Trinajstić information content (AvgIpc) is 2.86. The van der Waals surface area contributed by atoms with Crippen molar-refractivity contribution in [2.24, 2.45) is 0 Å². The van der Waals surface area contributed by atoms with E-state index in [9.17, 15) is 34.9 Å². The van der Waals surface area contributed by atoms with E-state index in [1.807, 2.05) is 0 Å². The van der Waals surface area contributed by atoms with E-state index in [2.05, 4.69) is 90.1 Å². The fraction of sp³-hybridized carbons (Fsp3) is 0.357. The maximum atomic E-state index is 12.6. The Kier molecular flexibility index (Phi) is 10.5. The third-order valence-electron chi connectivity index (χ3n) is 6.66. The van der Waals surface area contributed by atoms with Gasteiger partial charge in [-0.2, -0.15) is 0 Å². The van der Waals surface area contributed by atoms with E-state index in [1.54, 1.807) is 0 Å². The van der Waals surface area contributed by atoms with Gasteiger partial charge in [0.1, 0.15) is 15.0 Å². The molecule has 0 bridgehead atoms. The van der Waals surface area contributed by atoms with Crippen LogP contribution in [0.15, 0.2) is 53.4 Å². The summed E-state index contributed by atoms with van der Waals surface area (Å²) in [6, 6.07) is 18.7. The molecule has 0 aliphatic heterocycles. The third-order valence-corrected chi connectivity index (χ3v) is 10.2. The molecule has 0 aromatic heterocycles. The van der Waals surface area contributed by atoms with Gasteiger partial charge < -0.3 is 4.55 Å². The van der Waals surface area contributed by atoms with Crippen LogP contribution in [0.1, 0.15) is 65.5 Å². The van der Waals surface area contributed by atoms with Crippen molar-refractivity contribution in [2.75, 3.05) is 0 Å². The fourth-order valence-electron chi connectivity index (χ4n) is 3.27. The molecule has 0 atom stereocenters. The maximum absolute atomic E-state index is 12.6. The molecular formula is C28H30F5IO3S. The van der Waals surface area contributed by atoms with Gasteiger partial charge in [0.05, 0.1) is 0 Å². The molecule has 3 aromatic rings. The van der Waals surface area contributed by atoms with Crippen LogP contribution < -0.4 is 21.2 Å². The Morgan fingerprint density at radius 3 is 1.18 bits per heavy atom. The zero-order valence-electron chi connectivity index (χ0n) is 21.9. The number of benzene rings is 3. The molecule has 0 unspecified atom stereocenters. The van der Waals surface area contributed by atoms with E-state index >= 15 is 0 Å². The van der Waals surface area contributed by atoms with Crippen LogP contribution in [0, 0.1) is 36.2 Å². The summed E-state index contributed by atoms with van der Waals surface area (Å²) in [5.74, 6) is -12.8. The molecule has 3 nitrogen and oxygen atoms in total. The molecule has 3 rings (SSSR count). The lowest BCUT2D eigenvalue weighted by Crippen LogP contribution is -3.61. The summed E-state index contributed by atoms with van der Waals surface area (Å²) in [5.41, 5.74) is 3.47. The lowest BCUT2D eigenvalue weighted by atomic mass is 9.82. The molecule has 38 heavy (non-hydrogen) atoms. The maximum Gasteiger partial charge on any atom is 0.357 e. The standard InChI is InChI=1S/C22H30I.C6HF5O3S/c1-7-21(3,4)17-9-13-19(14-10-17)23-20-15-11-18(12-16-20)22(5,6)8-2;7-1-2(8)4(10)6(15(12,13)14)5(11)3(1)9/h9-16H,7-8H2,1-6H3;(H,12,13,14)/q+1;/p-1. The highest BCUT2D eigenvalue weighted by Crippen LogP contribution is 2.27. The van der Waals surface area contributed by atoms with Gasteiger partial charge in [-0.1, -0.05) is 65.8 Å². The topological polar surface area (TPSA) is 57.2 Å². The minimum Gasteiger partial charge on any atom is -0.744 e. The van der Waals surface area contributed by atoms with E-state index in [-0.39, 0.29) is 32.0 Å². The highest BCUT2D eigenvalue weighted by atomic mass is 127. The molecule has 0 amide bonds. The van der Waals surface area contributed by atoms with Crippen LogP contribution in [0.2, 0.25) is 0 Å². The first-order valence-corrected chi connectivity index (χ1v) is 15.4. The van der Waals surface area contributed by atoms with E-state index in [4.69, 9.17) is 0 Å². The van der Waals surface area contributed by atoms with Gasteiger partial charge in [-0.15, -0.1) is 0 Å². The number of halogens is 6. The molecule has 0 saturated carbocycles. The van der Waals surface area contributed by atoms with E-state index < -0.39 is 44.1 Å². The van der Waals surface area contributed by atoms with Gasteiger partial charge in [0, 0.05) is 0 Å². The van der Waals surface area contributed by atoms with Crippen LogP contribution in [0.5, 0.6) is 0 Å². The first-order chi connectivity index (χ1) is 17.5. The van der Waals surface area contributed by atoms with Crippen LogP contribution in [0.3, 0.4) is 0 Å². The van der Waals surface area contributed by atoms with E-state index in [1.165, 1.54) is 31.1 Å². The van der Waals surface area contributed by atoms with Crippen molar-refractivity contribution in [3.63, 3.8) is 0 Å². The predicted octanol–water partition coefficient (Wildman–Crippen LogP) is 4.48. The highest BCUT2D eigenvalue weighted by molar-refractivity contribution is 7.85. The molecule has 3 aromatic carbocycles. The van der Waals surface area contributed by atoms with Gasteiger partial charge in [0.15, 0.2) is 30.4 Å². The Morgan fingerprint density at radius 1 is 0.632 bits per heavy atom. The molecule has 208 valence electrons. The Balaban J connectivity index is 0.000000293. The first kappa shape index (κ1) is 32.2. The lowest BCUT2D eigenvalue weighted by Gasteiger charge is -2.23. The molecule has 0 saturated heterocycles. The summed E-state index contributed by atoms with van der Waals surface area (Å²) in [7, 11) is -5.77. The monoisotopic (exact) mass is 668 g/mol. The quantitative estimate of drug-likeness (QED) is 0.123. The Hall–Kier alpha value is -2.05. The second-order valence-corrected chi connectivity index (χ2v) is 14.3.